The van der Waals surface area contributed by atoms with Gasteiger partial charge in [-0.15, -0.1) is 0 Å². The van der Waals surface area contributed by atoms with E-state index in [1.807, 2.05) is 6.07 Å². The number of nitrogens with two attached hydrogens (primary N) is 1. The van der Waals surface area contributed by atoms with Crippen molar-refractivity contribution in [3.05, 3.63) is 29.8 Å². The highest BCUT2D eigenvalue weighted by atomic mass is 32.2. The standard InChI is InChI=1S/C15H24N4O3S/c1-19(2)23(20,21)14-7-3-5-12(9-14)10-17-15(16)18-11-13-6-4-8-22-13/h3,5,7,9,13H,4,6,8,10-11H2,1-2H3,(H3,16,17,18). The van der Waals surface area contributed by atoms with Crippen molar-refractivity contribution < 1.29 is 13.2 Å². The van der Waals surface area contributed by atoms with E-state index in [4.69, 9.17) is 10.5 Å². The normalized spacial score (nSPS) is 19.3. The van der Waals surface area contributed by atoms with Crippen molar-refractivity contribution in [2.75, 3.05) is 27.2 Å². The first-order valence-electron chi connectivity index (χ1n) is 7.56. The molecular weight excluding hydrogens is 316 g/mol. The first-order chi connectivity index (χ1) is 10.9. The third-order valence-electron chi connectivity index (χ3n) is 3.64. The second-order valence-electron chi connectivity index (χ2n) is 5.65. The van der Waals surface area contributed by atoms with Gasteiger partial charge in [0, 0.05) is 27.2 Å². The zero-order chi connectivity index (χ0) is 16.9. The van der Waals surface area contributed by atoms with E-state index in [1.165, 1.54) is 18.4 Å². The zero-order valence-electron chi connectivity index (χ0n) is 13.5. The Bertz CT molecular complexity index is 652. The Balaban J connectivity index is 1.95. The molecule has 1 saturated heterocycles. The number of hydrogen-bond donors (Lipinski definition) is 2. The molecule has 0 bridgehead atoms. The highest BCUT2D eigenvalue weighted by Gasteiger charge is 2.17. The number of ether oxygens (including phenoxy) is 1. The average molecular weight is 340 g/mol. The number of nitrogens with one attached hydrogen (secondary N) is 1. The molecule has 1 atom stereocenters. The Labute approximate surface area is 137 Å². The number of sulfonamides is 1. The molecule has 0 radical (unpaired) electrons. The van der Waals surface area contributed by atoms with Gasteiger partial charge in [-0.05, 0) is 30.5 Å². The summed E-state index contributed by atoms with van der Waals surface area (Å²) in [5, 5.41) is 3.03. The first kappa shape index (κ1) is 17.7. The van der Waals surface area contributed by atoms with E-state index in [1.54, 1.807) is 18.2 Å². The molecule has 0 amide bonds. The van der Waals surface area contributed by atoms with Crippen LogP contribution in [0.1, 0.15) is 18.4 Å². The van der Waals surface area contributed by atoms with Crippen LogP contribution in [0, 0.1) is 0 Å². The molecule has 1 aromatic carbocycles. The van der Waals surface area contributed by atoms with Gasteiger partial charge in [0.15, 0.2) is 5.96 Å². The third kappa shape index (κ3) is 4.92. The first-order valence-corrected chi connectivity index (χ1v) is 9.00. The Morgan fingerprint density at radius 1 is 1.48 bits per heavy atom. The lowest BCUT2D eigenvalue weighted by Gasteiger charge is -2.12. The van der Waals surface area contributed by atoms with Crippen molar-refractivity contribution in [2.24, 2.45) is 10.7 Å². The van der Waals surface area contributed by atoms with E-state index in [0.717, 1.165) is 25.0 Å². The fourth-order valence-corrected chi connectivity index (χ4v) is 3.24. The van der Waals surface area contributed by atoms with Gasteiger partial charge in [0.1, 0.15) is 0 Å². The van der Waals surface area contributed by atoms with Gasteiger partial charge >= 0.3 is 0 Å². The van der Waals surface area contributed by atoms with Gasteiger partial charge in [-0.2, -0.15) is 0 Å². The number of aliphatic imine (C=N–C) groups is 1. The molecule has 3 N–H and O–H groups in total. The molecule has 8 heteroatoms. The summed E-state index contributed by atoms with van der Waals surface area (Å²) in [7, 11) is -0.424. The lowest BCUT2D eigenvalue weighted by molar-refractivity contribution is 0.114. The van der Waals surface area contributed by atoms with Gasteiger partial charge in [0.25, 0.3) is 0 Å². The molecule has 23 heavy (non-hydrogen) atoms. The fraction of sp³-hybridized carbons (Fsp3) is 0.533. The second-order valence-corrected chi connectivity index (χ2v) is 7.80. The van der Waals surface area contributed by atoms with Crippen LogP contribution in [-0.2, 0) is 21.3 Å². The van der Waals surface area contributed by atoms with E-state index in [0.29, 0.717) is 19.0 Å². The van der Waals surface area contributed by atoms with Crippen LogP contribution in [0.4, 0.5) is 0 Å². The Hall–Kier alpha value is -1.64. The van der Waals surface area contributed by atoms with Gasteiger partial charge in [0.2, 0.25) is 10.0 Å². The molecule has 1 aliphatic heterocycles. The number of rotatable bonds is 6. The minimum atomic E-state index is -3.44. The number of hydrogen-bond acceptors (Lipinski definition) is 4. The molecular formula is C15H24N4O3S. The number of nitrogens with zero attached hydrogens (tertiary/aromatic N) is 2. The predicted octanol–water partition coefficient (Wildman–Crippen LogP) is 0.520. The average Bonchev–Trinajstić information content (AvgIpc) is 3.04. The van der Waals surface area contributed by atoms with Crippen LogP contribution in [0.25, 0.3) is 0 Å². The summed E-state index contributed by atoms with van der Waals surface area (Å²) in [6.45, 7) is 1.77. The minimum Gasteiger partial charge on any atom is -0.376 e. The topological polar surface area (TPSA) is 97.0 Å². The second kappa shape index (κ2) is 7.76. The van der Waals surface area contributed by atoms with Crippen molar-refractivity contribution in [1.82, 2.24) is 9.62 Å². The molecule has 1 aromatic rings. The lowest BCUT2D eigenvalue weighted by atomic mass is 10.2. The SMILES string of the molecule is CN(C)S(=O)(=O)c1cccc(CN=C(N)NCC2CCCO2)c1. The van der Waals surface area contributed by atoms with Crippen LogP contribution in [-0.4, -0.2) is 52.0 Å². The third-order valence-corrected chi connectivity index (χ3v) is 5.45. The van der Waals surface area contributed by atoms with Crippen LogP contribution < -0.4 is 11.1 Å². The quantitative estimate of drug-likeness (QED) is 0.581. The van der Waals surface area contributed by atoms with Crippen molar-refractivity contribution >= 4 is 16.0 Å². The maximum atomic E-state index is 12.1. The van der Waals surface area contributed by atoms with Gasteiger partial charge in [0.05, 0.1) is 17.5 Å². The van der Waals surface area contributed by atoms with Crippen molar-refractivity contribution in [2.45, 2.75) is 30.4 Å². The van der Waals surface area contributed by atoms with Crippen molar-refractivity contribution in [1.29, 1.82) is 0 Å². The van der Waals surface area contributed by atoms with E-state index < -0.39 is 10.0 Å². The molecule has 0 aromatic heterocycles. The summed E-state index contributed by atoms with van der Waals surface area (Å²) in [6, 6.07) is 6.72. The van der Waals surface area contributed by atoms with Gasteiger partial charge in [-0.3, -0.25) is 0 Å². The Kier molecular flexibility index (Phi) is 5.97. The summed E-state index contributed by atoms with van der Waals surface area (Å²) in [5.41, 5.74) is 6.62. The van der Waals surface area contributed by atoms with E-state index >= 15 is 0 Å². The molecule has 2 rings (SSSR count). The molecule has 1 unspecified atom stereocenters. The summed E-state index contributed by atoms with van der Waals surface area (Å²) in [6.07, 6.45) is 2.30. The van der Waals surface area contributed by atoms with Crippen LogP contribution >= 0.6 is 0 Å². The van der Waals surface area contributed by atoms with E-state index in [2.05, 4.69) is 10.3 Å². The highest BCUT2D eigenvalue weighted by Crippen LogP contribution is 2.15. The summed E-state index contributed by atoms with van der Waals surface area (Å²) in [5.74, 6) is 0.335. The van der Waals surface area contributed by atoms with Crippen LogP contribution in [0.15, 0.2) is 34.2 Å². The number of benzene rings is 1. The van der Waals surface area contributed by atoms with Crippen LogP contribution in [0.3, 0.4) is 0 Å². The van der Waals surface area contributed by atoms with Gasteiger partial charge in [-0.1, -0.05) is 12.1 Å². The highest BCUT2D eigenvalue weighted by molar-refractivity contribution is 7.89. The van der Waals surface area contributed by atoms with Crippen LogP contribution in [0.5, 0.6) is 0 Å². The minimum absolute atomic E-state index is 0.192. The zero-order valence-corrected chi connectivity index (χ0v) is 14.3. The summed E-state index contributed by atoms with van der Waals surface area (Å²) >= 11 is 0. The van der Waals surface area contributed by atoms with E-state index in [-0.39, 0.29) is 11.0 Å². The molecule has 7 nitrogen and oxygen atoms in total. The molecule has 0 spiro atoms. The van der Waals surface area contributed by atoms with E-state index in [9.17, 15) is 8.42 Å². The Morgan fingerprint density at radius 2 is 2.26 bits per heavy atom. The maximum Gasteiger partial charge on any atom is 0.242 e. The van der Waals surface area contributed by atoms with Crippen molar-refractivity contribution in [3.8, 4) is 0 Å². The molecule has 1 fully saturated rings. The van der Waals surface area contributed by atoms with Crippen LogP contribution in [0.2, 0.25) is 0 Å². The monoisotopic (exact) mass is 340 g/mol. The molecule has 1 heterocycles. The van der Waals surface area contributed by atoms with Gasteiger partial charge in [-0.25, -0.2) is 17.7 Å². The lowest BCUT2D eigenvalue weighted by Crippen LogP contribution is -2.37. The molecule has 128 valence electrons. The smallest absolute Gasteiger partial charge is 0.242 e. The molecule has 0 saturated carbocycles. The maximum absolute atomic E-state index is 12.1. The molecule has 0 aliphatic carbocycles. The molecule has 1 aliphatic rings. The summed E-state index contributed by atoms with van der Waals surface area (Å²) < 4.78 is 30.9. The summed E-state index contributed by atoms with van der Waals surface area (Å²) in [4.78, 5) is 4.49. The number of guanidine groups is 1. The largest absolute Gasteiger partial charge is 0.376 e. The van der Waals surface area contributed by atoms with Crippen molar-refractivity contribution in [3.63, 3.8) is 0 Å². The van der Waals surface area contributed by atoms with Gasteiger partial charge < -0.3 is 15.8 Å². The fourth-order valence-electron chi connectivity index (χ4n) is 2.27. The Morgan fingerprint density at radius 3 is 2.91 bits per heavy atom. The predicted molar refractivity (Wildman–Crippen MR) is 89.6 cm³/mol.